The smallest absolute Gasteiger partial charge is 0.0410 e. The summed E-state index contributed by atoms with van der Waals surface area (Å²) in [5.74, 6) is 0.841. The van der Waals surface area contributed by atoms with Gasteiger partial charge >= 0.3 is 0 Å². The van der Waals surface area contributed by atoms with E-state index in [2.05, 4.69) is 24.0 Å². The minimum absolute atomic E-state index is 0.0878. The van der Waals surface area contributed by atoms with Crippen molar-refractivity contribution in [2.24, 2.45) is 11.7 Å². The number of hydrogen-bond acceptors (Lipinski definition) is 2. The van der Waals surface area contributed by atoms with Crippen LogP contribution in [0.5, 0.6) is 0 Å². The van der Waals surface area contributed by atoms with E-state index in [0.717, 1.165) is 18.8 Å². The summed E-state index contributed by atoms with van der Waals surface area (Å²) in [7, 11) is 0. The third-order valence-electron chi connectivity index (χ3n) is 3.42. The first-order valence-corrected chi connectivity index (χ1v) is 5.40. The maximum Gasteiger partial charge on any atom is 0.0410 e. The summed E-state index contributed by atoms with van der Waals surface area (Å²) in [6.07, 6.45) is 8.39. The first kappa shape index (κ1) is 9.66. The lowest BCUT2D eigenvalue weighted by molar-refractivity contribution is 0.248. The molecule has 1 aromatic rings. The van der Waals surface area contributed by atoms with Crippen molar-refractivity contribution in [3.63, 3.8) is 0 Å². The lowest BCUT2D eigenvalue weighted by Crippen LogP contribution is -2.40. The molecule has 0 bridgehead atoms. The van der Waals surface area contributed by atoms with Gasteiger partial charge in [-0.1, -0.05) is 6.92 Å². The molecule has 1 heterocycles. The Balaban J connectivity index is 2.17. The Bertz CT molecular complexity index is 286. The van der Waals surface area contributed by atoms with Crippen LogP contribution in [0.2, 0.25) is 0 Å². The molecule has 1 fully saturated rings. The molecule has 76 valence electrons. The standard InChI is InChI=1S/C12H18N2/c1-10-2-6-12(13,7-3-10)11-4-8-14-9-5-11/h4-5,8-10H,2-3,6-7,13H2,1H3. The quantitative estimate of drug-likeness (QED) is 0.738. The van der Waals surface area contributed by atoms with Gasteiger partial charge in [0.2, 0.25) is 0 Å². The van der Waals surface area contributed by atoms with Gasteiger partial charge in [0.1, 0.15) is 0 Å². The normalized spacial score (nSPS) is 32.9. The predicted molar refractivity (Wildman–Crippen MR) is 57.7 cm³/mol. The topological polar surface area (TPSA) is 38.9 Å². The van der Waals surface area contributed by atoms with Crippen molar-refractivity contribution in [1.29, 1.82) is 0 Å². The van der Waals surface area contributed by atoms with E-state index in [0.29, 0.717) is 0 Å². The maximum atomic E-state index is 6.41. The van der Waals surface area contributed by atoms with Crippen LogP contribution in [0, 0.1) is 5.92 Å². The molecule has 1 aliphatic carbocycles. The van der Waals surface area contributed by atoms with Crippen LogP contribution < -0.4 is 5.73 Å². The van der Waals surface area contributed by atoms with Gasteiger partial charge in [-0.2, -0.15) is 0 Å². The zero-order chi connectivity index (χ0) is 10.0. The molecule has 0 radical (unpaired) electrons. The summed E-state index contributed by atoms with van der Waals surface area (Å²) in [6, 6.07) is 4.10. The average molecular weight is 190 g/mol. The van der Waals surface area contributed by atoms with E-state index < -0.39 is 0 Å². The Morgan fingerprint density at radius 3 is 2.43 bits per heavy atom. The summed E-state index contributed by atoms with van der Waals surface area (Å²) < 4.78 is 0. The van der Waals surface area contributed by atoms with E-state index in [1.807, 2.05) is 12.4 Å². The third kappa shape index (κ3) is 1.80. The van der Waals surface area contributed by atoms with Crippen molar-refractivity contribution in [1.82, 2.24) is 4.98 Å². The molecule has 0 aliphatic heterocycles. The summed E-state index contributed by atoms with van der Waals surface area (Å²) in [5.41, 5.74) is 7.58. The van der Waals surface area contributed by atoms with Crippen molar-refractivity contribution in [3.8, 4) is 0 Å². The van der Waals surface area contributed by atoms with Gasteiger partial charge in [0.25, 0.3) is 0 Å². The summed E-state index contributed by atoms with van der Waals surface area (Å²) >= 11 is 0. The van der Waals surface area contributed by atoms with Gasteiger partial charge in [-0.3, -0.25) is 4.98 Å². The van der Waals surface area contributed by atoms with Crippen LogP contribution in [0.25, 0.3) is 0 Å². The monoisotopic (exact) mass is 190 g/mol. The molecule has 0 spiro atoms. The highest BCUT2D eigenvalue weighted by atomic mass is 14.8. The molecule has 0 saturated heterocycles. The van der Waals surface area contributed by atoms with E-state index >= 15 is 0 Å². The molecule has 1 aromatic heterocycles. The Morgan fingerprint density at radius 1 is 1.29 bits per heavy atom. The molecule has 14 heavy (non-hydrogen) atoms. The molecule has 2 nitrogen and oxygen atoms in total. The Labute approximate surface area is 85.5 Å². The van der Waals surface area contributed by atoms with Gasteiger partial charge < -0.3 is 5.73 Å². The number of pyridine rings is 1. The van der Waals surface area contributed by atoms with Crippen LogP contribution in [-0.4, -0.2) is 4.98 Å². The molecular formula is C12H18N2. The second kappa shape index (κ2) is 3.70. The maximum absolute atomic E-state index is 6.41. The minimum Gasteiger partial charge on any atom is -0.321 e. The first-order chi connectivity index (χ1) is 6.71. The van der Waals surface area contributed by atoms with Gasteiger partial charge in [-0.25, -0.2) is 0 Å². The number of hydrogen-bond donors (Lipinski definition) is 1. The van der Waals surface area contributed by atoms with Crippen LogP contribution >= 0.6 is 0 Å². The van der Waals surface area contributed by atoms with Crippen molar-refractivity contribution < 1.29 is 0 Å². The Morgan fingerprint density at radius 2 is 1.86 bits per heavy atom. The van der Waals surface area contributed by atoms with Crippen LogP contribution in [0.4, 0.5) is 0 Å². The van der Waals surface area contributed by atoms with E-state index in [-0.39, 0.29) is 5.54 Å². The minimum atomic E-state index is -0.0878. The second-order valence-electron chi connectivity index (χ2n) is 4.57. The van der Waals surface area contributed by atoms with Crippen LogP contribution in [0.15, 0.2) is 24.5 Å². The van der Waals surface area contributed by atoms with Crippen LogP contribution in [0.3, 0.4) is 0 Å². The Kier molecular flexibility index (Phi) is 2.55. The summed E-state index contributed by atoms with van der Waals surface area (Å²) in [5, 5.41) is 0. The number of nitrogens with two attached hydrogens (primary N) is 1. The van der Waals surface area contributed by atoms with Crippen molar-refractivity contribution in [2.75, 3.05) is 0 Å². The third-order valence-corrected chi connectivity index (χ3v) is 3.42. The predicted octanol–water partition coefficient (Wildman–Crippen LogP) is 2.45. The fraction of sp³-hybridized carbons (Fsp3) is 0.583. The molecule has 0 aromatic carbocycles. The number of aromatic nitrogens is 1. The molecule has 2 N–H and O–H groups in total. The molecule has 1 saturated carbocycles. The SMILES string of the molecule is CC1CCC(N)(c2ccncc2)CC1. The first-order valence-electron chi connectivity index (χ1n) is 5.40. The van der Waals surface area contributed by atoms with Gasteiger partial charge in [-0.15, -0.1) is 0 Å². The highest BCUT2D eigenvalue weighted by Crippen LogP contribution is 2.36. The average Bonchev–Trinajstić information content (AvgIpc) is 2.24. The van der Waals surface area contributed by atoms with Crippen LogP contribution in [-0.2, 0) is 5.54 Å². The van der Waals surface area contributed by atoms with E-state index in [1.54, 1.807) is 0 Å². The molecule has 0 unspecified atom stereocenters. The Hall–Kier alpha value is -0.890. The van der Waals surface area contributed by atoms with E-state index in [4.69, 9.17) is 5.73 Å². The molecule has 0 atom stereocenters. The number of nitrogens with zero attached hydrogens (tertiary/aromatic N) is 1. The molecular weight excluding hydrogens is 172 g/mol. The van der Waals surface area contributed by atoms with Crippen LogP contribution in [0.1, 0.15) is 38.2 Å². The highest BCUT2D eigenvalue weighted by Gasteiger charge is 2.31. The van der Waals surface area contributed by atoms with Gasteiger partial charge in [-0.05, 0) is 49.3 Å². The van der Waals surface area contributed by atoms with Crippen molar-refractivity contribution in [3.05, 3.63) is 30.1 Å². The lowest BCUT2D eigenvalue weighted by atomic mass is 9.74. The second-order valence-corrected chi connectivity index (χ2v) is 4.57. The highest BCUT2D eigenvalue weighted by molar-refractivity contribution is 5.21. The zero-order valence-corrected chi connectivity index (χ0v) is 8.74. The summed E-state index contributed by atoms with van der Waals surface area (Å²) in [4.78, 5) is 4.03. The fourth-order valence-corrected chi connectivity index (χ4v) is 2.25. The number of rotatable bonds is 1. The molecule has 2 heteroatoms. The van der Waals surface area contributed by atoms with Gasteiger partial charge in [0.15, 0.2) is 0 Å². The molecule has 0 amide bonds. The largest absolute Gasteiger partial charge is 0.321 e. The molecule has 2 rings (SSSR count). The van der Waals surface area contributed by atoms with Gasteiger partial charge in [0, 0.05) is 17.9 Å². The lowest BCUT2D eigenvalue weighted by Gasteiger charge is -2.36. The van der Waals surface area contributed by atoms with E-state index in [9.17, 15) is 0 Å². The van der Waals surface area contributed by atoms with Crippen molar-refractivity contribution in [2.45, 2.75) is 38.1 Å². The summed E-state index contributed by atoms with van der Waals surface area (Å²) in [6.45, 7) is 2.31. The zero-order valence-electron chi connectivity index (χ0n) is 8.74. The van der Waals surface area contributed by atoms with Crippen molar-refractivity contribution >= 4 is 0 Å². The van der Waals surface area contributed by atoms with E-state index in [1.165, 1.54) is 18.4 Å². The fourth-order valence-electron chi connectivity index (χ4n) is 2.25. The molecule has 1 aliphatic rings. The van der Waals surface area contributed by atoms with Gasteiger partial charge in [0.05, 0.1) is 0 Å².